The number of nitrogens with zero attached hydrogens (tertiary/aromatic N) is 3. The summed E-state index contributed by atoms with van der Waals surface area (Å²) in [5.41, 5.74) is 2.17. The molecule has 2 aromatic heterocycles. The molecule has 2 rings (SSSR count). The van der Waals surface area contributed by atoms with E-state index in [-0.39, 0.29) is 0 Å². The normalized spacial score (nSPS) is 11.4. The first kappa shape index (κ1) is 18.3. The first-order valence-electron chi connectivity index (χ1n) is 9.22. The Hall–Kier alpha value is -1.03. The fourth-order valence-corrected chi connectivity index (χ4v) is 3.90. The maximum absolute atomic E-state index is 4.66. The molecule has 0 amide bonds. The van der Waals surface area contributed by atoms with Gasteiger partial charge in [-0.05, 0) is 12.5 Å². The van der Waals surface area contributed by atoms with Crippen molar-refractivity contribution in [3.05, 3.63) is 18.5 Å². The Balaban J connectivity index is 1.53. The van der Waals surface area contributed by atoms with Crippen LogP contribution in [0.4, 0.5) is 0 Å². The van der Waals surface area contributed by atoms with Crippen LogP contribution in [0.3, 0.4) is 0 Å². The van der Waals surface area contributed by atoms with E-state index in [4.69, 9.17) is 0 Å². The molecular formula is C19H31N3S. The fourth-order valence-electron chi connectivity index (χ4n) is 2.91. The Bertz CT molecular complexity index is 565. The molecule has 0 saturated carbocycles. The summed E-state index contributed by atoms with van der Waals surface area (Å²) in [7, 11) is 2.09. The molecule has 0 spiro atoms. The summed E-state index contributed by atoms with van der Waals surface area (Å²) in [4.78, 5) is 8.80. The van der Waals surface area contributed by atoms with Gasteiger partial charge in [0, 0.05) is 19.0 Å². The monoisotopic (exact) mass is 333 g/mol. The number of hydrogen-bond acceptors (Lipinski definition) is 3. The second-order valence-corrected chi connectivity index (χ2v) is 7.41. The number of fused-ring (bicyclic) bond motifs is 1. The van der Waals surface area contributed by atoms with Gasteiger partial charge in [-0.25, -0.2) is 4.98 Å². The van der Waals surface area contributed by atoms with Gasteiger partial charge < -0.3 is 4.57 Å². The van der Waals surface area contributed by atoms with Crippen molar-refractivity contribution in [1.82, 2.24) is 14.5 Å². The van der Waals surface area contributed by atoms with Crippen LogP contribution in [0.5, 0.6) is 0 Å². The number of unbranched alkanes of at least 4 members (excludes halogenated alkanes) is 9. The standard InChI is InChI=1S/C19H31N3S/c1-3-4-5-6-7-8-9-10-11-12-15-23-19-21-17-16-20-14-13-18(17)22(19)2/h13-14,16H,3-12,15H2,1-2H3. The first-order chi connectivity index (χ1) is 11.3. The quantitative estimate of drug-likeness (QED) is 0.353. The van der Waals surface area contributed by atoms with Gasteiger partial charge in [0.15, 0.2) is 5.16 Å². The van der Waals surface area contributed by atoms with Gasteiger partial charge in [0.05, 0.1) is 11.7 Å². The largest absolute Gasteiger partial charge is 0.322 e. The fraction of sp³-hybridized carbons (Fsp3) is 0.684. The molecule has 2 aromatic rings. The lowest BCUT2D eigenvalue weighted by Crippen LogP contribution is -1.92. The molecule has 23 heavy (non-hydrogen) atoms. The zero-order valence-corrected chi connectivity index (χ0v) is 15.6. The van der Waals surface area contributed by atoms with Crippen LogP contribution in [0.15, 0.2) is 23.6 Å². The van der Waals surface area contributed by atoms with Gasteiger partial charge in [-0.15, -0.1) is 0 Å². The van der Waals surface area contributed by atoms with E-state index < -0.39 is 0 Å². The minimum absolute atomic E-state index is 1.00. The maximum atomic E-state index is 4.66. The molecule has 0 N–H and O–H groups in total. The Morgan fingerprint density at radius 2 is 1.61 bits per heavy atom. The topological polar surface area (TPSA) is 30.7 Å². The minimum Gasteiger partial charge on any atom is -0.322 e. The van der Waals surface area contributed by atoms with Crippen LogP contribution in [-0.4, -0.2) is 20.3 Å². The Labute approximate surface area is 145 Å². The highest BCUT2D eigenvalue weighted by atomic mass is 32.2. The van der Waals surface area contributed by atoms with Crippen molar-refractivity contribution in [1.29, 1.82) is 0 Å². The van der Waals surface area contributed by atoms with Gasteiger partial charge in [0.2, 0.25) is 0 Å². The predicted octanol–water partition coefficient (Wildman–Crippen LogP) is 5.98. The average Bonchev–Trinajstić information content (AvgIpc) is 2.89. The van der Waals surface area contributed by atoms with Crippen LogP contribution < -0.4 is 0 Å². The zero-order valence-electron chi connectivity index (χ0n) is 14.8. The third kappa shape index (κ3) is 6.17. The van der Waals surface area contributed by atoms with Gasteiger partial charge in [0.1, 0.15) is 5.52 Å². The van der Waals surface area contributed by atoms with Gasteiger partial charge in [-0.1, -0.05) is 76.5 Å². The Morgan fingerprint density at radius 1 is 0.957 bits per heavy atom. The van der Waals surface area contributed by atoms with Crippen molar-refractivity contribution in [3.63, 3.8) is 0 Å². The highest BCUT2D eigenvalue weighted by molar-refractivity contribution is 7.99. The van der Waals surface area contributed by atoms with Gasteiger partial charge >= 0.3 is 0 Å². The molecule has 0 aliphatic rings. The highest BCUT2D eigenvalue weighted by Crippen LogP contribution is 2.23. The van der Waals surface area contributed by atoms with Gasteiger partial charge in [0.25, 0.3) is 0 Å². The van der Waals surface area contributed by atoms with E-state index in [0.29, 0.717) is 0 Å². The van der Waals surface area contributed by atoms with E-state index in [0.717, 1.165) is 10.7 Å². The Kier molecular flexibility index (Phi) is 8.51. The molecule has 0 unspecified atom stereocenters. The summed E-state index contributed by atoms with van der Waals surface area (Å²) in [5.74, 6) is 1.17. The zero-order chi connectivity index (χ0) is 16.3. The molecule has 3 nitrogen and oxygen atoms in total. The lowest BCUT2D eigenvalue weighted by Gasteiger charge is -2.03. The molecule has 2 heterocycles. The van der Waals surface area contributed by atoms with E-state index in [1.165, 1.54) is 75.5 Å². The summed E-state index contributed by atoms with van der Waals surface area (Å²) in [6.45, 7) is 2.28. The minimum atomic E-state index is 1.00. The second-order valence-electron chi connectivity index (χ2n) is 6.35. The molecule has 4 heteroatoms. The molecule has 0 aromatic carbocycles. The van der Waals surface area contributed by atoms with Crippen LogP contribution in [0.2, 0.25) is 0 Å². The lowest BCUT2D eigenvalue weighted by atomic mass is 10.1. The van der Waals surface area contributed by atoms with Crippen molar-refractivity contribution in [2.45, 2.75) is 76.3 Å². The predicted molar refractivity (Wildman–Crippen MR) is 101 cm³/mol. The van der Waals surface area contributed by atoms with E-state index in [1.54, 1.807) is 0 Å². The second kappa shape index (κ2) is 10.7. The van der Waals surface area contributed by atoms with Crippen LogP contribution in [0, 0.1) is 0 Å². The van der Waals surface area contributed by atoms with Crippen molar-refractivity contribution in [3.8, 4) is 0 Å². The first-order valence-corrected chi connectivity index (χ1v) is 10.2. The lowest BCUT2D eigenvalue weighted by molar-refractivity contribution is 0.563. The number of imidazole rings is 1. The summed E-state index contributed by atoms with van der Waals surface area (Å²) in [5, 5.41) is 1.11. The Morgan fingerprint density at radius 3 is 2.26 bits per heavy atom. The van der Waals surface area contributed by atoms with Crippen LogP contribution in [0.25, 0.3) is 11.0 Å². The van der Waals surface area contributed by atoms with Crippen LogP contribution in [-0.2, 0) is 7.05 Å². The highest BCUT2D eigenvalue weighted by Gasteiger charge is 2.07. The van der Waals surface area contributed by atoms with Crippen molar-refractivity contribution < 1.29 is 0 Å². The van der Waals surface area contributed by atoms with Crippen molar-refractivity contribution >= 4 is 22.8 Å². The number of pyridine rings is 1. The number of hydrogen-bond donors (Lipinski definition) is 0. The molecule has 128 valence electrons. The molecule has 0 saturated heterocycles. The summed E-state index contributed by atoms with van der Waals surface area (Å²) < 4.78 is 2.18. The van der Waals surface area contributed by atoms with Crippen LogP contribution in [0.1, 0.15) is 71.1 Å². The van der Waals surface area contributed by atoms with Gasteiger partial charge in [-0.3, -0.25) is 4.98 Å². The summed E-state index contributed by atoms with van der Waals surface area (Å²) in [6, 6.07) is 2.03. The number of aryl methyl sites for hydroxylation is 1. The molecular weight excluding hydrogens is 302 g/mol. The number of thioether (sulfide) groups is 1. The van der Waals surface area contributed by atoms with Crippen molar-refractivity contribution in [2.24, 2.45) is 7.05 Å². The molecule has 0 aliphatic carbocycles. The van der Waals surface area contributed by atoms with Crippen LogP contribution >= 0.6 is 11.8 Å². The smallest absolute Gasteiger partial charge is 0.168 e. The van der Waals surface area contributed by atoms with E-state index in [2.05, 4.69) is 28.5 Å². The third-order valence-electron chi connectivity index (χ3n) is 4.37. The van der Waals surface area contributed by atoms with Gasteiger partial charge in [-0.2, -0.15) is 0 Å². The van der Waals surface area contributed by atoms with E-state index >= 15 is 0 Å². The maximum Gasteiger partial charge on any atom is 0.168 e. The van der Waals surface area contributed by atoms with E-state index in [9.17, 15) is 0 Å². The third-order valence-corrected chi connectivity index (χ3v) is 5.49. The SMILES string of the molecule is CCCCCCCCCCCCSc1nc2cnccc2n1C. The molecule has 0 aliphatic heterocycles. The summed E-state index contributed by atoms with van der Waals surface area (Å²) >= 11 is 1.87. The van der Waals surface area contributed by atoms with E-state index in [1.807, 2.05) is 30.2 Å². The number of aromatic nitrogens is 3. The molecule has 0 fully saturated rings. The van der Waals surface area contributed by atoms with Crippen molar-refractivity contribution in [2.75, 3.05) is 5.75 Å². The summed E-state index contributed by atoms with van der Waals surface area (Å²) in [6.07, 6.45) is 17.6. The molecule has 0 bridgehead atoms. The molecule has 0 radical (unpaired) electrons. The number of rotatable bonds is 12. The average molecular weight is 334 g/mol. The molecule has 0 atom stereocenters.